The Balaban J connectivity index is 2.14. The van der Waals surface area contributed by atoms with Crippen LogP contribution in [0.1, 0.15) is 19.3 Å². The molecule has 0 spiro atoms. The quantitative estimate of drug-likeness (QED) is 0.638. The lowest BCUT2D eigenvalue weighted by atomic mass is 10.2. The number of piperazine rings is 1. The van der Waals surface area contributed by atoms with Crippen molar-refractivity contribution in [3.05, 3.63) is 0 Å². The molecule has 1 heterocycles. The first kappa shape index (κ1) is 14.4. The number of aliphatic hydroxyl groups excluding tert-OH is 1. The third-order valence-corrected chi connectivity index (χ3v) is 3.10. The maximum absolute atomic E-state index is 11.7. The van der Waals surface area contributed by atoms with Gasteiger partial charge in [0.2, 0.25) is 5.91 Å². The molecule has 0 aliphatic carbocycles. The van der Waals surface area contributed by atoms with Crippen LogP contribution < -0.4 is 0 Å². The summed E-state index contributed by atoms with van der Waals surface area (Å²) >= 11 is 0. The highest BCUT2D eigenvalue weighted by atomic mass is 16.5. The van der Waals surface area contributed by atoms with Gasteiger partial charge in [0.1, 0.15) is 0 Å². The van der Waals surface area contributed by atoms with E-state index in [-0.39, 0.29) is 12.5 Å². The highest BCUT2D eigenvalue weighted by molar-refractivity contribution is 5.76. The Morgan fingerprint density at radius 1 is 1.24 bits per heavy atom. The van der Waals surface area contributed by atoms with Crippen molar-refractivity contribution in [1.29, 1.82) is 0 Å². The third kappa shape index (κ3) is 5.48. The number of hydrogen-bond donors (Lipinski definition) is 1. The van der Waals surface area contributed by atoms with Crippen molar-refractivity contribution >= 4 is 5.91 Å². The van der Waals surface area contributed by atoms with E-state index in [1.165, 1.54) is 0 Å². The normalized spacial score (nSPS) is 17.4. The predicted octanol–water partition coefficient (Wildman–Crippen LogP) is -0.0604. The number of aliphatic hydroxyl groups is 1. The molecule has 0 saturated carbocycles. The third-order valence-electron chi connectivity index (χ3n) is 3.10. The summed E-state index contributed by atoms with van der Waals surface area (Å²) in [6, 6.07) is 0. The van der Waals surface area contributed by atoms with Crippen LogP contribution in [-0.2, 0) is 9.53 Å². The molecular weight excluding hydrogens is 220 g/mol. The molecule has 5 nitrogen and oxygen atoms in total. The molecule has 0 aromatic rings. The minimum atomic E-state index is 0.0999. The second-order valence-corrected chi connectivity index (χ2v) is 4.40. The van der Waals surface area contributed by atoms with Crippen molar-refractivity contribution in [2.75, 3.05) is 53.0 Å². The summed E-state index contributed by atoms with van der Waals surface area (Å²) in [4.78, 5) is 16.0. The van der Waals surface area contributed by atoms with Gasteiger partial charge in [0.25, 0.3) is 0 Å². The zero-order valence-corrected chi connectivity index (χ0v) is 10.7. The topological polar surface area (TPSA) is 53.0 Å². The molecule has 17 heavy (non-hydrogen) atoms. The van der Waals surface area contributed by atoms with Crippen molar-refractivity contribution in [1.82, 2.24) is 9.80 Å². The number of amides is 1. The zero-order valence-electron chi connectivity index (χ0n) is 10.7. The zero-order chi connectivity index (χ0) is 12.5. The van der Waals surface area contributed by atoms with Crippen LogP contribution in [0.3, 0.4) is 0 Å². The Kier molecular flexibility index (Phi) is 7.16. The highest BCUT2D eigenvalue weighted by Gasteiger charge is 2.19. The fourth-order valence-electron chi connectivity index (χ4n) is 2.04. The molecule has 1 fully saturated rings. The van der Waals surface area contributed by atoms with E-state index in [9.17, 15) is 4.79 Å². The van der Waals surface area contributed by atoms with Gasteiger partial charge >= 0.3 is 0 Å². The molecule has 0 radical (unpaired) electrons. The summed E-state index contributed by atoms with van der Waals surface area (Å²) in [6.07, 6.45) is 2.10. The maximum Gasteiger partial charge on any atom is 0.222 e. The Morgan fingerprint density at radius 3 is 2.53 bits per heavy atom. The summed E-state index contributed by atoms with van der Waals surface area (Å²) in [6.45, 7) is 5.49. The SMILES string of the molecule is COCCCN1CCN(C(=O)CCCO)CC1. The van der Waals surface area contributed by atoms with E-state index < -0.39 is 0 Å². The average molecular weight is 244 g/mol. The first-order chi connectivity index (χ1) is 8.27. The second-order valence-electron chi connectivity index (χ2n) is 4.40. The molecule has 0 aromatic carbocycles. The van der Waals surface area contributed by atoms with Gasteiger partial charge < -0.3 is 14.7 Å². The Bertz CT molecular complexity index is 216. The van der Waals surface area contributed by atoms with Crippen LogP contribution in [0.25, 0.3) is 0 Å². The summed E-state index contributed by atoms with van der Waals surface area (Å²) < 4.78 is 5.02. The van der Waals surface area contributed by atoms with Crippen LogP contribution >= 0.6 is 0 Å². The fourth-order valence-corrected chi connectivity index (χ4v) is 2.04. The number of carbonyl (C=O) groups excluding carboxylic acids is 1. The lowest BCUT2D eigenvalue weighted by Crippen LogP contribution is -2.48. The minimum absolute atomic E-state index is 0.0999. The van der Waals surface area contributed by atoms with Gasteiger partial charge in [-0.1, -0.05) is 0 Å². The second kappa shape index (κ2) is 8.44. The standard InChI is InChI=1S/C12H24N2O3/c1-17-11-3-5-13-6-8-14(9-7-13)12(16)4-2-10-15/h15H,2-11H2,1H3. The molecule has 1 saturated heterocycles. The largest absolute Gasteiger partial charge is 0.396 e. The Hall–Kier alpha value is -0.650. The first-order valence-corrected chi connectivity index (χ1v) is 6.38. The van der Waals surface area contributed by atoms with Crippen molar-refractivity contribution in [3.8, 4) is 0 Å². The first-order valence-electron chi connectivity index (χ1n) is 6.38. The molecule has 0 atom stereocenters. The predicted molar refractivity (Wildman–Crippen MR) is 65.8 cm³/mol. The molecule has 1 aliphatic rings. The monoisotopic (exact) mass is 244 g/mol. The molecular formula is C12H24N2O3. The van der Waals surface area contributed by atoms with Gasteiger partial charge in [-0.3, -0.25) is 9.69 Å². The number of ether oxygens (including phenoxy) is 1. The number of methoxy groups -OCH3 is 1. The number of hydrogen-bond acceptors (Lipinski definition) is 4. The van der Waals surface area contributed by atoms with Gasteiger partial charge in [0.05, 0.1) is 0 Å². The summed E-state index contributed by atoms with van der Waals surface area (Å²) in [5.74, 6) is 0.176. The smallest absolute Gasteiger partial charge is 0.222 e. The number of rotatable bonds is 7. The van der Waals surface area contributed by atoms with Crippen LogP contribution in [0, 0.1) is 0 Å². The van der Waals surface area contributed by atoms with Gasteiger partial charge in [-0.25, -0.2) is 0 Å². The molecule has 0 aromatic heterocycles. The van der Waals surface area contributed by atoms with Gasteiger partial charge in [0.15, 0.2) is 0 Å². The van der Waals surface area contributed by atoms with E-state index in [0.29, 0.717) is 12.8 Å². The van der Waals surface area contributed by atoms with Crippen LogP contribution in [0.15, 0.2) is 0 Å². The minimum Gasteiger partial charge on any atom is -0.396 e. The van der Waals surface area contributed by atoms with Gasteiger partial charge in [-0.2, -0.15) is 0 Å². The molecule has 100 valence electrons. The van der Waals surface area contributed by atoms with E-state index in [0.717, 1.165) is 45.8 Å². The van der Waals surface area contributed by atoms with Crippen molar-refractivity contribution in [3.63, 3.8) is 0 Å². The van der Waals surface area contributed by atoms with Crippen LogP contribution in [0.2, 0.25) is 0 Å². The van der Waals surface area contributed by atoms with Gasteiger partial charge in [-0.15, -0.1) is 0 Å². The fraction of sp³-hybridized carbons (Fsp3) is 0.917. The molecule has 0 bridgehead atoms. The number of nitrogens with zero attached hydrogens (tertiary/aromatic N) is 2. The summed E-state index contributed by atoms with van der Waals surface area (Å²) in [7, 11) is 1.72. The van der Waals surface area contributed by atoms with Crippen molar-refractivity contribution < 1.29 is 14.6 Å². The van der Waals surface area contributed by atoms with Gasteiger partial charge in [-0.05, 0) is 12.8 Å². The van der Waals surface area contributed by atoms with Crippen molar-refractivity contribution in [2.24, 2.45) is 0 Å². The number of carbonyl (C=O) groups is 1. The molecule has 1 rings (SSSR count). The van der Waals surface area contributed by atoms with Crippen LogP contribution in [0.4, 0.5) is 0 Å². The van der Waals surface area contributed by atoms with E-state index in [2.05, 4.69) is 4.90 Å². The lowest BCUT2D eigenvalue weighted by molar-refractivity contribution is -0.133. The van der Waals surface area contributed by atoms with E-state index in [4.69, 9.17) is 9.84 Å². The molecule has 0 unspecified atom stereocenters. The van der Waals surface area contributed by atoms with E-state index >= 15 is 0 Å². The lowest BCUT2D eigenvalue weighted by Gasteiger charge is -2.34. The molecule has 1 N–H and O–H groups in total. The molecule has 1 aliphatic heterocycles. The summed E-state index contributed by atoms with van der Waals surface area (Å²) in [5, 5.41) is 8.69. The summed E-state index contributed by atoms with van der Waals surface area (Å²) in [5.41, 5.74) is 0. The Morgan fingerprint density at radius 2 is 1.94 bits per heavy atom. The van der Waals surface area contributed by atoms with Gasteiger partial charge in [0, 0.05) is 59.5 Å². The van der Waals surface area contributed by atoms with Crippen molar-refractivity contribution in [2.45, 2.75) is 19.3 Å². The van der Waals surface area contributed by atoms with E-state index in [1.54, 1.807) is 7.11 Å². The Labute approximate surface area is 103 Å². The molecule has 1 amide bonds. The molecule has 5 heteroatoms. The maximum atomic E-state index is 11.7. The van der Waals surface area contributed by atoms with Crippen LogP contribution in [0.5, 0.6) is 0 Å². The van der Waals surface area contributed by atoms with Crippen LogP contribution in [-0.4, -0.2) is 73.9 Å². The van der Waals surface area contributed by atoms with E-state index in [1.807, 2.05) is 4.90 Å². The average Bonchev–Trinajstić information content (AvgIpc) is 2.37. The highest BCUT2D eigenvalue weighted by Crippen LogP contribution is 2.05.